The van der Waals surface area contributed by atoms with Gasteiger partial charge in [0.25, 0.3) is 5.91 Å². The van der Waals surface area contributed by atoms with Crippen LogP contribution in [0.15, 0.2) is 23.6 Å². The Morgan fingerprint density at radius 3 is 2.91 bits per heavy atom. The molecule has 3 rings (SSSR count). The molecule has 0 saturated carbocycles. The largest absolute Gasteiger partial charge is 0.343 e. The van der Waals surface area contributed by atoms with Gasteiger partial charge < -0.3 is 15.6 Å². The molecule has 22 heavy (non-hydrogen) atoms. The highest BCUT2D eigenvalue weighted by atomic mass is 32.1. The molecule has 0 saturated heterocycles. The molecule has 0 unspecified atom stereocenters. The van der Waals surface area contributed by atoms with Crippen LogP contribution in [0.25, 0.3) is 11.0 Å². The number of amides is 1. The Labute approximate surface area is 132 Å². The van der Waals surface area contributed by atoms with Gasteiger partial charge in [-0.1, -0.05) is 12.1 Å². The minimum absolute atomic E-state index is 0.209. The van der Waals surface area contributed by atoms with E-state index in [4.69, 9.17) is 5.73 Å². The molecule has 0 aliphatic heterocycles. The zero-order valence-electron chi connectivity index (χ0n) is 12.5. The maximum atomic E-state index is 12.1. The predicted octanol–water partition coefficient (Wildman–Crippen LogP) is 1.73. The number of fused-ring (bicyclic) bond motifs is 1. The fourth-order valence-electron chi connectivity index (χ4n) is 2.43. The molecule has 114 valence electrons. The van der Waals surface area contributed by atoms with Crippen molar-refractivity contribution >= 4 is 28.3 Å². The SMILES string of the molecule is Cc1cccc2nc(CNC(=O)c3csc(CN)n3)n(C)c12. The van der Waals surface area contributed by atoms with Crippen molar-refractivity contribution in [1.82, 2.24) is 19.9 Å². The molecule has 1 aromatic carbocycles. The molecule has 0 fully saturated rings. The highest BCUT2D eigenvalue weighted by Gasteiger charge is 2.13. The highest BCUT2D eigenvalue weighted by Crippen LogP contribution is 2.18. The van der Waals surface area contributed by atoms with Gasteiger partial charge in [-0.15, -0.1) is 11.3 Å². The number of benzene rings is 1. The quantitative estimate of drug-likeness (QED) is 0.767. The molecule has 1 amide bonds. The molecule has 0 aliphatic rings. The first-order valence-corrected chi connectivity index (χ1v) is 7.81. The zero-order chi connectivity index (χ0) is 15.7. The number of para-hydroxylation sites is 1. The molecule has 3 N–H and O–H groups in total. The number of thiazole rings is 1. The van der Waals surface area contributed by atoms with Crippen LogP contribution in [0.4, 0.5) is 0 Å². The third-order valence-electron chi connectivity index (χ3n) is 3.55. The van der Waals surface area contributed by atoms with Crippen molar-refractivity contribution in [1.29, 1.82) is 0 Å². The zero-order valence-corrected chi connectivity index (χ0v) is 13.3. The van der Waals surface area contributed by atoms with Crippen LogP contribution in [0.2, 0.25) is 0 Å². The fourth-order valence-corrected chi connectivity index (χ4v) is 3.08. The van der Waals surface area contributed by atoms with Crippen LogP contribution in [0.3, 0.4) is 0 Å². The van der Waals surface area contributed by atoms with Crippen LogP contribution in [-0.2, 0) is 20.1 Å². The summed E-state index contributed by atoms with van der Waals surface area (Å²) in [4.78, 5) is 20.8. The summed E-state index contributed by atoms with van der Waals surface area (Å²) in [7, 11) is 1.96. The van der Waals surface area contributed by atoms with Crippen molar-refractivity contribution in [2.75, 3.05) is 0 Å². The summed E-state index contributed by atoms with van der Waals surface area (Å²) < 4.78 is 2.01. The Bertz CT molecular complexity index is 836. The van der Waals surface area contributed by atoms with Gasteiger partial charge in [0.1, 0.15) is 16.5 Å². The molecule has 3 aromatic rings. The van der Waals surface area contributed by atoms with E-state index < -0.39 is 0 Å². The second-order valence-electron chi connectivity index (χ2n) is 5.04. The van der Waals surface area contributed by atoms with E-state index in [-0.39, 0.29) is 5.91 Å². The van der Waals surface area contributed by atoms with Crippen LogP contribution in [0.1, 0.15) is 26.9 Å². The average molecular weight is 315 g/mol. The Balaban J connectivity index is 1.78. The summed E-state index contributed by atoms with van der Waals surface area (Å²) in [6.07, 6.45) is 0. The number of nitrogens with one attached hydrogen (secondary N) is 1. The molecule has 0 radical (unpaired) electrons. The first-order chi connectivity index (χ1) is 10.6. The number of imidazole rings is 1. The Morgan fingerprint density at radius 1 is 1.41 bits per heavy atom. The van der Waals surface area contributed by atoms with Crippen molar-refractivity contribution in [2.24, 2.45) is 12.8 Å². The molecule has 2 heterocycles. The summed E-state index contributed by atoms with van der Waals surface area (Å²) in [5.74, 6) is 0.603. The molecule has 2 aromatic heterocycles. The highest BCUT2D eigenvalue weighted by molar-refractivity contribution is 7.09. The van der Waals surface area contributed by atoms with Gasteiger partial charge in [-0.3, -0.25) is 4.79 Å². The van der Waals surface area contributed by atoms with E-state index in [2.05, 4.69) is 28.3 Å². The average Bonchev–Trinajstić information content (AvgIpc) is 3.11. The molecule has 0 spiro atoms. The number of hydrogen-bond acceptors (Lipinski definition) is 5. The van der Waals surface area contributed by atoms with E-state index in [0.717, 1.165) is 27.4 Å². The lowest BCUT2D eigenvalue weighted by atomic mass is 10.2. The van der Waals surface area contributed by atoms with Crippen molar-refractivity contribution in [3.8, 4) is 0 Å². The molecule has 6 nitrogen and oxygen atoms in total. The number of nitrogens with two attached hydrogens (primary N) is 1. The standard InChI is InChI=1S/C15H17N5OS/c1-9-4-3-5-10-14(9)20(2)12(18-10)7-17-15(21)11-8-22-13(6-16)19-11/h3-5,8H,6-7,16H2,1-2H3,(H,17,21). The van der Waals surface area contributed by atoms with E-state index in [1.54, 1.807) is 5.38 Å². The molecular formula is C15H17N5OS. The Kier molecular flexibility index (Phi) is 3.91. The van der Waals surface area contributed by atoms with Crippen LogP contribution >= 0.6 is 11.3 Å². The predicted molar refractivity (Wildman–Crippen MR) is 86.6 cm³/mol. The van der Waals surface area contributed by atoms with E-state index in [0.29, 0.717) is 18.8 Å². The van der Waals surface area contributed by atoms with E-state index >= 15 is 0 Å². The van der Waals surface area contributed by atoms with Crippen molar-refractivity contribution in [3.05, 3.63) is 45.7 Å². The van der Waals surface area contributed by atoms with Crippen LogP contribution in [-0.4, -0.2) is 20.4 Å². The lowest BCUT2D eigenvalue weighted by Gasteiger charge is -2.05. The van der Waals surface area contributed by atoms with Gasteiger partial charge in [-0.05, 0) is 18.6 Å². The van der Waals surface area contributed by atoms with Crippen molar-refractivity contribution in [3.63, 3.8) is 0 Å². The van der Waals surface area contributed by atoms with Crippen molar-refractivity contribution < 1.29 is 4.79 Å². The minimum atomic E-state index is -0.209. The maximum Gasteiger partial charge on any atom is 0.271 e. The smallest absolute Gasteiger partial charge is 0.271 e. The normalized spacial score (nSPS) is 11.0. The van der Waals surface area contributed by atoms with Gasteiger partial charge in [0.05, 0.1) is 17.6 Å². The first-order valence-electron chi connectivity index (χ1n) is 6.93. The summed E-state index contributed by atoms with van der Waals surface area (Å²) in [5.41, 5.74) is 9.10. The lowest BCUT2D eigenvalue weighted by Crippen LogP contribution is -2.24. The number of aromatic nitrogens is 3. The monoisotopic (exact) mass is 315 g/mol. The number of aryl methyl sites for hydroxylation is 2. The topological polar surface area (TPSA) is 85.8 Å². The Morgan fingerprint density at radius 2 is 2.23 bits per heavy atom. The van der Waals surface area contributed by atoms with E-state index in [9.17, 15) is 4.79 Å². The van der Waals surface area contributed by atoms with Crippen LogP contribution in [0.5, 0.6) is 0 Å². The fraction of sp³-hybridized carbons (Fsp3) is 0.267. The van der Waals surface area contributed by atoms with Gasteiger partial charge in [0.15, 0.2) is 0 Å². The summed E-state index contributed by atoms with van der Waals surface area (Å²) >= 11 is 1.39. The third-order valence-corrected chi connectivity index (χ3v) is 4.43. The second kappa shape index (κ2) is 5.86. The summed E-state index contributed by atoms with van der Waals surface area (Å²) in [6.45, 7) is 2.76. The lowest BCUT2D eigenvalue weighted by molar-refractivity contribution is 0.0945. The molecule has 0 bridgehead atoms. The van der Waals surface area contributed by atoms with Crippen LogP contribution in [0, 0.1) is 6.92 Å². The summed E-state index contributed by atoms with van der Waals surface area (Å²) in [5, 5.41) is 5.33. The van der Waals surface area contributed by atoms with Gasteiger partial charge >= 0.3 is 0 Å². The summed E-state index contributed by atoms with van der Waals surface area (Å²) in [6, 6.07) is 6.01. The van der Waals surface area contributed by atoms with Gasteiger partial charge in [-0.25, -0.2) is 9.97 Å². The molecular weight excluding hydrogens is 298 g/mol. The number of carbonyl (C=O) groups excluding carboxylic acids is 1. The van der Waals surface area contributed by atoms with E-state index in [1.807, 2.05) is 23.7 Å². The number of rotatable bonds is 4. The maximum absolute atomic E-state index is 12.1. The second-order valence-corrected chi connectivity index (χ2v) is 5.99. The number of nitrogens with zero attached hydrogens (tertiary/aromatic N) is 3. The number of hydrogen-bond donors (Lipinski definition) is 2. The third kappa shape index (κ3) is 2.60. The van der Waals surface area contributed by atoms with Crippen molar-refractivity contribution in [2.45, 2.75) is 20.0 Å². The van der Waals surface area contributed by atoms with Crippen LogP contribution < -0.4 is 11.1 Å². The minimum Gasteiger partial charge on any atom is -0.343 e. The van der Waals surface area contributed by atoms with E-state index in [1.165, 1.54) is 11.3 Å². The Hall–Kier alpha value is -2.25. The molecule has 0 aliphatic carbocycles. The molecule has 0 atom stereocenters. The number of carbonyl (C=O) groups is 1. The molecule has 7 heteroatoms. The van der Waals surface area contributed by atoms with Gasteiger partial charge in [0.2, 0.25) is 0 Å². The van der Waals surface area contributed by atoms with Gasteiger partial charge in [0, 0.05) is 19.0 Å². The first kappa shape index (κ1) is 14.7. The van der Waals surface area contributed by atoms with Gasteiger partial charge in [-0.2, -0.15) is 0 Å².